The van der Waals surface area contributed by atoms with Crippen LogP contribution in [-0.2, 0) is 9.53 Å². The van der Waals surface area contributed by atoms with E-state index in [1.807, 2.05) is 32.9 Å². The maximum atomic E-state index is 12.5. The number of aromatic nitrogens is 3. The number of nitrogens with two attached hydrogens (primary N) is 1. The molecule has 0 unspecified atom stereocenters. The summed E-state index contributed by atoms with van der Waals surface area (Å²) in [6.07, 6.45) is 7.25. The summed E-state index contributed by atoms with van der Waals surface area (Å²) in [5, 5.41) is 11.7. The molecule has 1 saturated carbocycles. The molecule has 216 valence electrons. The van der Waals surface area contributed by atoms with Crippen LogP contribution in [0.5, 0.6) is 0 Å². The monoisotopic (exact) mass is 549 g/mol. The first-order valence-electron chi connectivity index (χ1n) is 14.7. The van der Waals surface area contributed by atoms with Gasteiger partial charge in [0.2, 0.25) is 5.95 Å². The van der Waals surface area contributed by atoms with Crippen molar-refractivity contribution in [2.45, 2.75) is 96.2 Å². The highest BCUT2D eigenvalue weighted by Gasteiger charge is 2.34. The summed E-state index contributed by atoms with van der Waals surface area (Å²) in [5.74, 6) is 0.475. The third-order valence-corrected chi connectivity index (χ3v) is 8.40. The van der Waals surface area contributed by atoms with Gasteiger partial charge in [0.1, 0.15) is 5.60 Å². The van der Waals surface area contributed by atoms with Crippen LogP contribution in [0.15, 0.2) is 24.3 Å². The fourth-order valence-corrected chi connectivity index (χ4v) is 6.08. The number of likely N-dealkylation sites (tertiary alicyclic amines) is 1. The zero-order chi connectivity index (χ0) is 28.4. The van der Waals surface area contributed by atoms with Crippen molar-refractivity contribution in [1.82, 2.24) is 20.1 Å². The molecule has 3 aliphatic rings. The minimum Gasteiger partial charge on any atom is -0.460 e. The number of nitrogens with zero attached hydrogens (tertiary/aromatic N) is 5. The number of ether oxygens (including phenoxy) is 1. The van der Waals surface area contributed by atoms with E-state index in [2.05, 4.69) is 44.4 Å². The van der Waals surface area contributed by atoms with E-state index in [-0.39, 0.29) is 29.4 Å². The van der Waals surface area contributed by atoms with E-state index in [4.69, 9.17) is 15.5 Å². The Morgan fingerprint density at radius 3 is 2.35 bits per heavy atom. The van der Waals surface area contributed by atoms with Gasteiger partial charge in [-0.05, 0) is 109 Å². The van der Waals surface area contributed by atoms with Gasteiger partial charge in [-0.15, -0.1) is 10.2 Å². The van der Waals surface area contributed by atoms with Gasteiger partial charge in [0.15, 0.2) is 11.5 Å². The van der Waals surface area contributed by atoms with Crippen LogP contribution in [0.25, 0.3) is 0 Å². The average molecular weight is 550 g/mol. The van der Waals surface area contributed by atoms with Gasteiger partial charge >= 0.3 is 5.97 Å². The molecular weight excluding hydrogens is 506 g/mol. The van der Waals surface area contributed by atoms with Crippen LogP contribution in [0, 0.1) is 5.92 Å². The number of hydrogen-bond acceptors (Lipinski definition) is 9. The average Bonchev–Trinajstić information content (AvgIpc) is 3.75. The predicted molar refractivity (Wildman–Crippen MR) is 155 cm³/mol. The van der Waals surface area contributed by atoms with Crippen molar-refractivity contribution in [3.8, 4) is 0 Å². The molecule has 1 aliphatic carbocycles. The molecule has 10 nitrogen and oxygen atoms in total. The number of anilines is 3. The van der Waals surface area contributed by atoms with Gasteiger partial charge in [0.05, 0.1) is 6.42 Å². The number of carbonyl (C=O) groups excluding carboxylic acids is 2. The Bertz CT molecular complexity index is 1200. The second-order valence-electron chi connectivity index (χ2n) is 12.6. The predicted octanol–water partition coefficient (Wildman–Crippen LogP) is 4.39. The van der Waals surface area contributed by atoms with E-state index in [9.17, 15) is 9.59 Å². The molecule has 2 saturated heterocycles. The molecule has 1 aromatic heterocycles. The zero-order valence-corrected chi connectivity index (χ0v) is 24.2. The molecule has 40 heavy (non-hydrogen) atoms. The molecule has 2 atom stereocenters. The number of esters is 1. The van der Waals surface area contributed by atoms with Gasteiger partial charge in [-0.25, -0.2) is 0 Å². The Labute approximate surface area is 237 Å². The molecule has 10 heteroatoms. The van der Waals surface area contributed by atoms with Crippen LogP contribution in [0.2, 0.25) is 0 Å². The molecule has 1 amide bonds. The zero-order valence-electron chi connectivity index (χ0n) is 24.2. The smallest absolute Gasteiger partial charge is 0.306 e. The van der Waals surface area contributed by atoms with E-state index in [0.717, 1.165) is 31.1 Å². The van der Waals surface area contributed by atoms with Crippen molar-refractivity contribution < 1.29 is 14.3 Å². The second-order valence-corrected chi connectivity index (χ2v) is 12.6. The fourth-order valence-electron chi connectivity index (χ4n) is 6.08. The Morgan fingerprint density at radius 1 is 1.02 bits per heavy atom. The maximum Gasteiger partial charge on any atom is 0.306 e. The van der Waals surface area contributed by atoms with E-state index in [0.29, 0.717) is 18.3 Å². The van der Waals surface area contributed by atoms with Crippen molar-refractivity contribution >= 4 is 29.3 Å². The van der Waals surface area contributed by atoms with Crippen LogP contribution in [-0.4, -0.2) is 69.3 Å². The van der Waals surface area contributed by atoms with Crippen LogP contribution >= 0.6 is 0 Å². The van der Waals surface area contributed by atoms with Crippen molar-refractivity contribution in [3.63, 3.8) is 0 Å². The second kappa shape index (κ2) is 11.7. The third-order valence-electron chi connectivity index (χ3n) is 8.40. The molecular formula is C30H43N7O3. The molecule has 3 fully saturated rings. The molecule has 2 aliphatic heterocycles. The van der Waals surface area contributed by atoms with Gasteiger partial charge < -0.3 is 25.6 Å². The lowest BCUT2D eigenvalue weighted by atomic mass is 9.87. The highest BCUT2D eigenvalue weighted by atomic mass is 16.6. The van der Waals surface area contributed by atoms with Crippen LogP contribution in [0.4, 0.5) is 17.5 Å². The topological polar surface area (TPSA) is 127 Å². The van der Waals surface area contributed by atoms with Crippen molar-refractivity contribution in [2.75, 3.05) is 29.9 Å². The lowest BCUT2D eigenvalue weighted by Crippen LogP contribution is -2.45. The first-order valence-corrected chi connectivity index (χ1v) is 14.7. The fraction of sp³-hybridized carbons (Fsp3) is 0.633. The highest BCUT2D eigenvalue weighted by molar-refractivity contribution is 5.96. The van der Waals surface area contributed by atoms with Gasteiger partial charge in [0.25, 0.3) is 5.91 Å². The minimum atomic E-state index is -0.692. The number of benzene rings is 1. The summed E-state index contributed by atoms with van der Waals surface area (Å²) in [6.45, 7) is 10.8. The molecule has 3 N–H and O–H groups in total. The molecule has 3 heterocycles. The number of carbonyl (C=O) groups is 2. The van der Waals surface area contributed by atoms with E-state index in [1.54, 1.807) is 0 Å². The highest BCUT2D eigenvalue weighted by Crippen LogP contribution is 2.35. The minimum absolute atomic E-state index is 0.000891. The molecule has 0 bridgehead atoms. The number of rotatable bonds is 8. The molecule has 0 spiro atoms. The number of amides is 1. The number of piperidine rings is 2. The number of nitrogens with one attached hydrogen (secondary N) is 1. The van der Waals surface area contributed by atoms with Crippen molar-refractivity contribution in [3.05, 3.63) is 35.5 Å². The SMILES string of the molecule is C[C@@H]1[C@H](CC(=O)OC(C)(C)C)CCCN1c1nnc(C(N)=O)c(Nc2ccc(C3CCN(C4CC4)CC3)cc2)n1. The summed E-state index contributed by atoms with van der Waals surface area (Å²) in [5.41, 5.74) is 7.25. The normalized spacial score (nSPS) is 22.6. The summed E-state index contributed by atoms with van der Waals surface area (Å²) in [7, 11) is 0. The summed E-state index contributed by atoms with van der Waals surface area (Å²) in [6, 6.07) is 9.20. The first-order chi connectivity index (χ1) is 19.1. The standard InChI is InChI=1S/C30H43N7O3/c1-19-22(18-25(38)40-30(2,3)4)6-5-15-37(19)29-33-28(26(27(31)39)34-35-29)32-23-9-7-20(8-10-23)21-13-16-36(17-14-21)24-11-12-24/h7-10,19,21-22,24H,5-6,11-18H2,1-4H3,(H2,31,39)(H,32,33,35)/t19-,22+/m1/s1. The Kier molecular flexibility index (Phi) is 8.26. The third kappa shape index (κ3) is 6.89. The van der Waals surface area contributed by atoms with E-state index < -0.39 is 11.5 Å². The molecule has 2 aromatic rings. The van der Waals surface area contributed by atoms with Gasteiger partial charge in [-0.3, -0.25) is 9.59 Å². The molecule has 0 radical (unpaired) electrons. The Balaban J connectivity index is 1.27. The number of primary amides is 1. The molecule has 5 rings (SSSR count). The van der Waals surface area contributed by atoms with Crippen molar-refractivity contribution in [2.24, 2.45) is 11.7 Å². The van der Waals surface area contributed by atoms with Gasteiger partial charge in [0, 0.05) is 24.3 Å². The molecule has 1 aromatic carbocycles. The number of hydrogen-bond donors (Lipinski definition) is 2. The van der Waals surface area contributed by atoms with Crippen LogP contribution in [0.3, 0.4) is 0 Å². The Hall–Kier alpha value is -3.27. The van der Waals surface area contributed by atoms with Crippen LogP contribution < -0.4 is 16.0 Å². The van der Waals surface area contributed by atoms with Crippen molar-refractivity contribution in [1.29, 1.82) is 0 Å². The maximum absolute atomic E-state index is 12.5. The summed E-state index contributed by atoms with van der Waals surface area (Å²) >= 11 is 0. The quantitative estimate of drug-likeness (QED) is 0.461. The van der Waals surface area contributed by atoms with E-state index in [1.165, 1.54) is 44.3 Å². The Morgan fingerprint density at radius 2 is 1.73 bits per heavy atom. The van der Waals surface area contributed by atoms with Gasteiger partial charge in [-0.2, -0.15) is 4.98 Å². The first kappa shape index (κ1) is 28.3. The lowest BCUT2D eigenvalue weighted by molar-refractivity contribution is -0.156. The van der Waals surface area contributed by atoms with Gasteiger partial charge in [-0.1, -0.05) is 12.1 Å². The summed E-state index contributed by atoms with van der Waals surface area (Å²) < 4.78 is 5.56. The van der Waals surface area contributed by atoms with E-state index >= 15 is 0 Å². The van der Waals surface area contributed by atoms with Crippen LogP contribution in [0.1, 0.15) is 94.6 Å². The lowest BCUT2D eigenvalue weighted by Gasteiger charge is -2.39. The largest absolute Gasteiger partial charge is 0.460 e. The summed E-state index contributed by atoms with van der Waals surface area (Å²) in [4.78, 5) is 34.1.